The van der Waals surface area contributed by atoms with Gasteiger partial charge in [0.05, 0.1) is 14.2 Å². The van der Waals surface area contributed by atoms with Gasteiger partial charge in [-0.2, -0.15) is 9.97 Å². The van der Waals surface area contributed by atoms with E-state index in [0.29, 0.717) is 17.2 Å². The van der Waals surface area contributed by atoms with Gasteiger partial charge >= 0.3 is 0 Å². The SMILES string of the molecule is COc1ncnc(OC)c1-n1c(N)nnc1-c1ccccn1. The van der Waals surface area contributed by atoms with Crippen LogP contribution < -0.4 is 15.2 Å². The number of hydrogen-bond acceptors (Lipinski definition) is 8. The van der Waals surface area contributed by atoms with Gasteiger partial charge in [-0.1, -0.05) is 6.07 Å². The molecular formula is C13H13N7O2. The van der Waals surface area contributed by atoms with Crippen LogP contribution in [-0.2, 0) is 0 Å². The Morgan fingerprint density at radius 1 is 1.00 bits per heavy atom. The lowest BCUT2D eigenvalue weighted by Gasteiger charge is -2.13. The second-order valence-electron chi connectivity index (χ2n) is 4.17. The Kier molecular flexibility index (Phi) is 3.52. The van der Waals surface area contributed by atoms with Crippen molar-refractivity contribution in [1.82, 2.24) is 29.7 Å². The van der Waals surface area contributed by atoms with Gasteiger partial charge in [0.15, 0.2) is 11.5 Å². The summed E-state index contributed by atoms with van der Waals surface area (Å²) in [7, 11) is 2.98. The van der Waals surface area contributed by atoms with E-state index in [4.69, 9.17) is 15.2 Å². The Morgan fingerprint density at radius 3 is 2.32 bits per heavy atom. The number of nitrogens with zero attached hydrogens (tertiary/aromatic N) is 6. The van der Waals surface area contributed by atoms with Gasteiger partial charge < -0.3 is 15.2 Å². The van der Waals surface area contributed by atoms with E-state index in [1.807, 2.05) is 6.07 Å². The summed E-state index contributed by atoms with van der Waals surface area (Å²) >= 11 is 0. The average Bonchev–Trinajstić information content (AvgIpc) is 2.96. The minimum absolute atomic E-state index is 0.145. The van der Waals surface area contributed by atoms with Crippen molar-refractivity contribution in [1.29, 1.82) is 0 Å². The summed E-state index contributed by atoms with van der Waals surface area (Å²) in [6.45, 7) is 0. The summed E-state index contributed by atoms with van der Waals surface area (Å²) < 4.78 is 12.1. The van der Waals surface area contributed by atoms with Crippen molar-refractivity contribution in [2.24, 2.45) is 0 Å². The van der Waals surface area contributed by atoms with Crippen LogP contribution in [0.5, 0.6) is 11.8 Å². The van der Waals surface area contributed by atoms with Gasteiger partial charge in [0.25, 0.3) is 0 Å². The van der Waals surface area contributed by atoms with E-state index in [1.165, 1.54) is 20.5 Å². The van der Waals surface area contributed by atoms with Gasteiger partial charge in [-0.25, -0.2) is 4.57 Å². The van der Waals surface area contributed by atoms with Crippen molar-refractivity contribution in [2.75, 3.05) is 20.0 Å². The Hall–Kier alpha value is -3.23. The number of ether oxygens (including phenoxy) is 2. The quantitative estimate of drug-likeness (QED) is 0.749. The molecule has 0 spiro atoms. The van der Waals surface area contributed by atoms with Crippen molar-refractivity contribution in [2.45, 2.75) is 0 Å². The zero-order chi connectivity index (χ0) is 15.5. The Balaban J connectivity index is 2.28. The van der Waals surface area contributed by atoms with Crippen molar-refractivity contribution in [3.63, 3.8) is 0 Å². The lowest BCUT2D eigenvalue weighted by atomic mass is 10.3. The molecule has 3 heterocycles. The number of anilines is 1. The largest absolute Gasteiger partial charge is 0.479 e. The third kappa shape index (κ3) is 2.18. The van der Waals surface area contributed by atoms with E-state index in [1.54, 1.807) is 22.9 Å². The summed E-state index contributed by atoms with van der Waals surface area (Å²) in [6, 6.07) is 5.44. The van der Waals surface area contributed by atoms with Gasteiger partial charge in [0.1, 0.15) is 12.0 Å². The predicted octanol–water partition coefficient (Wildman–Crippen LogP) is 0.719. The molecule has 0 aliphatic rings. The second-order valence-corrected chi connectivity index (χ2v) is 4.17. The molecule has 0 atom stereocenters. The highest BCUT2D eigenvalue weighted by atomic mass is 16.5. The minimum Gasteiger partial charge on any atom is -0.479 e. The third-order valence-corrected chi connectivity index (χ3v) is 2.95. The summed E-state index contributed by atoms with van der Waals surface area (Å²) in [5, 5.41) is 7.98. The molecule has 0 aromatic carbocycles. The number of rotatable bonds is 4. The van der Waals surface area contributed by atoms with E-state index in [0.717, 1.165) is 0 Å². The summed E-state index contributed by atoms with van der Waals surface area (Å²) in [5.74, 6) is 1.16. The fraction of sp³-hybridized carbons (Fsp3) is 0.154. The van der Waals surface area contributed by atoms with Crippen molar-refractivity contribution >= 4 is 5.95 Å². The van der Waals surface area contributed by atoms with Crippen LogP contribution in [0.15, 0.2) is 30.7 Å². The van der Waals surface area contributed by atoms with Crippen molar-refractivity contribution in [3.8, 4) is 29.0 Å². The number of nitrogen functional groups attached to an aromatic ring is 1. The standard InChI is InChI=1S/C13H13N7O2/c1-21-11-9(12(22-2)17-7-16-11)20-10(18-19-13(20)14)8-5-3-4-6-15-8/h3-7H,1-2H3,(H2,14,19). The Labute approximate surface area is 125 Å². The molecule has 3 aromatic heterocycles. The molecule has 2 N–H and O–H groups in total. The van der Waals surface area contributed by atoms with E-state index in [-0.39, 0.29) is 17.7 Å². The molecule has 22 heavy (non-hydrogen) atoms. The number of hydrogen-bond donors (Lipinski definition) is 1. The first-order valence-corrected chi connectivity index (χ1v) is 6.32. The zero-order valence-corrected chi connectivity index (χ0v) is 12.0. The van der Waals surface area contributed by atoms with E-state index in [2.05, 4.69) is 25.1 Å². The van der Waals surface area contributed by atoms with Crippen LogP contribution in [0.3, 0.4) is 0 Å². The van der Waals surface area contributed by atoms with Crippen LogP contribution in [0.1, 0.15) is 0 Å². The number of pyridine rings is 1. The zero-order valence-electron chi connectivity index (χ0n) is 12.0. The molecule has 0 saturated heterocycles. The van der Waals surface area contributed by atoms with Crippen LogP contribution in [0.25, 0.3) is 17.2 Å². The third-order valence-electron chi connectivity index (χ3n) is 2.95. The summed E-state index contributed by atoms with van der Waals surface area (Å²) in [6.07, 6.45) is 2.99. The molecule has 112 valence electrons. The number of nitrogens with two attached hydrogens (primary N) is 1. The molecular weight excluding hydrogens is 286 g/mol. The van der Waals surface area contributed by atoms with Gasteiger partial charge in [-0.15, -0.1) is 10.2 Å². The van der Waals surface area contributed by atoms with Crippen LogP contribution >= 0.6 is 0 Å². The molecule has 0 saturated carbocycles. The maximum Gasteiger partial charge on any atom is 0.245 e. The lowest BCUT2D eigenvalue weighted by molar-refractivity contribution is 0.368. The molecule has 3 aromatic rings. The molecule has 0 bridgehead atoms. The molecule has 9 heteroatoms. The molecule has 0 aliphatic carbocycles. The second kappa shape index (κ2) is 5.64. The molecule has 0 fully saturated rings. The van der Waals surface area contributed by atoms with Crippen molar-refractivity contribution in [3.05, 3.63) is 30.7 Å². The smallest absolute Gasteiger partial charge is 0.245 e. The van der Waals surface area contributed by atoms with Crippen LogP contribution in [0.4, 0.5) is 5.95 Å². The first kappa shape index (κ1) is 13.7. The van der Waals surface area contributed by atoms with Crippen molar-refractivity contribution < 1.29 is 9.47 Å². The van der Waals surface area contributed by atoms with Crippen LogP contribution in [0, 0.1) is 0 Å². The number of methoxy groups -OCH3 is 2. The van der Waals surface area contributed by atoms with E-state index < -0.39 is 0 Å². The predicted molar refractivity (Wildman–Crippen MR) is 77.7 cm³/mol. The van der Waals surface area contributed by atoms with Gasteiger partial charge in [0, 0.05) is 6.20 Å². The highest BCUT2D eigenvalue weighted by molar-refractivity contribution is 5.62. The van der Waals surface area contributed by atoms with E-state index in [9.17, 15) is 0 Å². The molecule has 3 rings (SSSR count). The van der Waals surface area contributed by atoms with Gasteiger partial charge in [-0.05, 0) is 12.1 Å². The maximum absolute atomic E-state index is 5.95. The van der Waals surface area contributed by atoms with E-state index >= 15 is 0 Å². The molecule has 0 unspecified atom stereocenters. The monoisotopic (exact) mass is 299 g/mol. The average molecular weight is 299 g/mol. The topological polar surface area (TPSA) is 114 Å². The normalized spacial score (nSPS) is 10.5. The number of aromatic nitrogens is 6. The summed E-state index contributed by atoms with van der Waals surface area (Å²) in [4.78, 5) is 12.4. The molecule has 0 amide bonds. The fourth-order valence-electron chi connectivity index (χ4n) is 2.02. The Morgan fingerprint density at radius 2 is 1.73 bits per heavy atom. The fourth-order valence-corrected chi connectivity index (χ4v) is 2.02. The maximum atomic E-state index is 5.95. The first-order chi connectivity index (χ1) is 10.8. The Bertz CT molecular complexity index is 766. The lowest BCUT2D eigenvalue weighted by Crippen LogP contribution is -2.09. The minimum atomic E-state index is 0.145. The molecule has 9 nitrogen and oxygen atoms in total. The van der Waals surface area contributed by atoms with Crippen LogP contribution in [0.2, 0.25) is 0 Å². The first-order valence-electron chi connectivity index (χ1n) is 6.32. The van der Waals surface area contributed by atoms with Gasteiger partial charge in [0.2, 0.25) is 17.7 Å². The highest BCUT2D eigenvalue weighted by Crippen LogP contribution is 2.33. The molecule has 0 aliphatic heterocycles. The molecule has 0 radical (unpaired) electrons. The summed E-state index contributed by atoms with van der Waals surface area (Å²) in [5.41, 5.74) is 6.96. The highest BCUT2D eigenvalue weighted by Gasteiger charge is 2.23. The van der Waals surface area contributed by atoms with Crippen LogP contribution in [-0.4, -0.2) is 43.9 Å². The van der Waals surface area contributed by atoms with Gasteiger partial charge in [-0.3, -0.25) is 4.98 Å².